The van der Waals surface area contributed by atoms with E-state index in [9.17, 15) is 14.0 Å². The van der Waals surface area contributed by atoms with Crippen LogP contribution in [0.1, 0.15) is 10.6 Å². The first-order chi connectivity index (χ1) is 14.4. The largest absolute Gasteiger partial charge is 0.493 e. The van der Waals surface area contributed by atoms with Crippen molar-refractivity contribution >= 4 is 34.6 Å². The van der Waals surface area contributed by atoms with Crippen LogP contribution in [-0.4, -0.2) is 25.8 Å². The van der Waals surface area contributed by atoms with Crippen LogP contribution in [0, 0.1) is 11.3 Å². The van der Waals surface area contributed by atoms with Crippen molar-refractivity contribution in [3.63, 3.8) is 0 Å². The average molecular weight is 449 g/mol. The molecule has 2 aromatic carbocycles. The summed E-state index contributed by atoms with van der Waals surface area (Å²) in [6, 6.07) is 12.3. The molecule has 1 heterocycles. The Balaban J connectivity index is 1.98. The lowest BCUT2D eigenvalue weighted by molar-refractivity contribution is -0.0526. The monoisotopic (exact) mass is 448 g/mol. The van der Waals surface area contributed by atoms with Gasteiger partial charge in [-0.15, -0.1) is 11.3 Å². The summed E-state index contributed by atoms with van der Waals surface area (Å²) in [5.41, 5.74) is 2.39. The van der Waals surface area contributed by atoms with E-state index in [1.165, 1.54) is 37.7 Å². The van der Waals surface area contributed by atoms with E-state index in [0.717, 1.165) is 5.56 Å². The van der Waals surface area contributed by atoms with Gasteiger partial charge in [-0.2, -0.15) is 14.0 Å². The number of nitrogens with zero attached hydrogens (tertiary/aromatic N) is 2. The second-order valence-corrected chi connectivity index (χ2v) is 7.14. The van der Waals surface area contributed by atoms with Gasteiger partial charge in [0.15, 0.2) is 11.5 Å². The molecule has 0 N–H and O–H groups in total. The minimum atomic E-state index is -3.04. The van der Waals surface area contributed by atoms with Crippen LogP contribution in [0.25, 0.3) is 22.9 Å². The fourth-order valence-electron chi connectivity index (χ4n) is 2.65. The zero-order chi connectivity index (χ0) is 21.7. The van der Waals surface area contributed by atoms with Crippen LogP contribution in [0.4, 0.5) is 8.78 Å². The summed E-state index contributed by atoms with van der Waals surface area (Å²) in [5.74, 6) is -0.108. The molecule has 3 aromatic rings. The van der Waals surface area contributed by atoms with Gasteiger partial charge in [-0.25, -0.2) is 4.98 Å². The van der Waals surface area contributed by atoms with Crippen molar-refractivity contribution in [1.29, 1.82) is 5.26 Å². The fourth-order valence-corrected chi connectivity index (χ4v) is 3.57. The number of methoxy groups -OCH3 is 2. The van der Waals surface area contributed by atoms with Gasteiger partial charge in [0.1, 0.15) is 11.1 Å². The lowest BCUT2D eigenvalue weighted by atomic mass is 10.1. The predicted octanol–water partition coefficient (Wildman–Crippen LogP) is 6.15. The lowest BCUT2D eigenvalue weighted by Crippen LogP contribution is -2.05. The first kappa shape index (κ1) is 21.6. The van der Waals surface area contributed by atoms with Gasteiger partial charge in [0.05, 0.1) is 25.5 Å². The van der Waals surface area contributed by atoms with Gasteiger partial charge in [-0.05, 0) is 35.9 Å². The van der Waals surface area contributed by atoms with E-state index in [1.54, 1.807) is 18.2 Å². The van der Waals surface area contributed by atoms with Gasteiger partial charge >= 0.3 is 6.61 Å². The SMILES string of the molecule is COc1cc(/C=C(\C#N)c2nc(-c3ccc(Cl)cc3)cs2)cc(OC)c1OC(F)F. The summed E-state index contributed by atoms with van der Waals surface area (Å²) >= 11 is 7.23. The van der Waals surface area contributed by atoms with Gasteiger partial charge in [0, 0.05) is 16.0 Å². The van der Waals surface area contributed by atoms with E-state index < -0.39 is 6.61 Å². The summed E-state index contributed by atoms with van der Waals surface area (Å²) in [5, 5.41) is 12.6. The molecule has 1 aromatic heterocycles. The summed E-state index contributed by atoms with van der Waals surface area (Å²) in [6.45, 7) is -3.04. The van der Waals surface area contributed by atoms with E-state index in [4.69, 9.17) is 21.1 Å². The zero-order valence-electron chi connectivity index (χ0n) is 15.9. The van der Waals surface area contributed by atoms with E-state index in [2.05, 4.69) is 15.8 Å². The Bertz CT molecular complexity index is 1080. The second kappa shape index (κ2) is 9.57. The van der Waals surface area contributed by atoms with Crippen molar-refractivity contribution in [2.45, 2.75) is 6.61 Å². The maximum Gasteiger partial charge on any atom is 0.387 e. The summed E-state index contributed by atoms with van der Waals surface area (Å²) < 4.78 is 40.2. The number of nitriles is 1. The van der Waals surface area contributed by atoms with Crippen LogP contribution in [0.2, 0.25) is 5.02 Å². The molecule has 0 spiro atoms. The summed E-state index contributed by atoms with van der Waals surface area (Å²) in [6.07, 6.45) is 1.57. The van der Waals surface area contributed by atoms with Crippen molar-refractivity contribution in [3.05, 3.63) is 57.4 Å². The fraction of sp³-hybridized carbons (Fsp3) is 0.143. The normalized spacial score (nSPS) is 11.3. The highest BCUT2D eigenvalue weighted by molar-refractivity contribution is 7.11. The molecule has 0 aliphatic carbocycles. The van der Waals surface area contributed by atoms with Gasteiger partial charge in [0.25, 0.3) is 0 Å². The maximum absolute atomic E-state index is 12.7. The molecule has 0 radical (unpaired) electrons. The molecule has 3 rings (SSSR count). The van der Waals surface area contributed by atoms with Crippen LogP contribution in [0.15, 0.2) is 41.8 Å². The molecular weight excluding hydrogens is 434 g/mol. The van der Waals surface area contributed by atoms with Gasteiger partial charge in [-0.3, -0.25) is 0 Å². The Morgan fingerprint density at radius 2 is 1.80 bits per heavy atom. The molecule has 0 unspecified atom stereocenters. The predicted molar refractivity (Wildman–Crippen MR) is 112 cm³/mol. The first-order valence-corrected chi connectivity index (χ1v) is 9.75. The van der Waals surface area contributed by atoms with Crippen LogP contribution in [0.3, 0.4) is 0 Å². The van der Waals surface area contributed by atoms with Gasteiger partial charge in [0.2, 0.25) is 5.75 Å². The average Bonchev–Trinajstić information content (AvgIpc) is 3.22. The zero-order valence-corrected chi connectivity index (χ0v) is 17.4. The Kier molecular flexibility index (Phi) is 6.87. The Morgan fingerprint density at radius 3 is 2.33 bits per heavy atom. The molecule has 0 amide bonds. The molecule has 0 fully saturated rings. The quantitative estimate of drug-likeness (QED) is 0.406. The van der Waals surface area contributed by atoms with E-state index in [1.807, 2.05) is 17.5 Å². The number of hydrogen-bond donors (Lipinski definition) is 0. The number of aromatic nitrogens is 1. The van der Waals surface area contributed by atoms with E-state index in [0.29, 0.717) is 26.9 Å². The number of benzene rings is 2. The number of ether oxygens (including phenoxy) is 3. The molecule has 0 aliphatic rings. The van der Waals surface area contributed by atoms with Crippen molar-refractivity contribution in [3.8, 4) is 34.6 Å². The third-order valence-corrected chi connectivity index (χ3v) is 5.12. The number of thiazole rings is 1. The molecule has 0 saturated carbocycles. The smallest absolute Gasteiger partial charge is 0.387 e. The molecular formula is C21H15ClF2N2O3S. The molecule has 0 aliphatic heterocycles. The molecule has 5 nitrogen and oxygen atoms in total. The number of halogens is 3. The topological polar surface area (TPSA) is 64.4 Å². The highest BCUT2D eigenvalue weighted by Crippen LogP contribution is 2.40. The molecule has 30 heavy (non-hydrogen) atoms. The highest BCUT2D eigenvalue weighted by Gasteiger charge is 2.18. The number of hydrogen-bond acceptors (Lipinski definition) is 6. The van der Waals surface area contributed by atoms with E-state index >= 15 is 0 Å². The molecule has 0 atom stereocenters. The standard InChI is InChI=1S/C21H15ClF2N2O3S/c1-27-17-8-12(9-18(28-2)19(17)29-21(23)24)7-14(10-25)20-26-16(11-30-20)13-3-5-15(22)6-4-13/h3-9,11,21H,1-2H3/b14-7+. The molecule has 0 bridgehead atoms. The van der Waals surface area contributed by atoms with Crippen molar-refractivity contribution < 1.29 is 23.0 Å². The van der Waals surface area contributed by atoms with Gasteiger partial charge in [-0.1, -0.05) is 23.7 Å². The summed E-state index contributed by atoms with van der Waals surface area (Å²) in [7, 11) is 2.65. The maximum atomic E-state index is 12.7. The van der Waals surface area contributed by atoms with Crippen LogP contribution >= 0.6 is 22.9 Å². The Labute approximate surface area is 180 Å². The van der Waals surface area contributed by atoms with Crippen molar-refractivity contribution in [2.24, 2.45) is 0 Å². The highest BCUT2D eigenvalue weighted by atomic mass is 35.5. The molecule has 154 valence electrons. The summed E-state index contributed by atoms with van der Waals surface area (Å²) in [4.78, 5) is 4.52. The first-order valence-electron chi connectivity index (χ1n) is 8.49. The third-order valence-electron chi connectivity index (χ3n) is 4.00. The third kappa shape index (κ3) is 4.87. The number of rotatable bonds is 7. The minimum absolute atomic E-state index is 0.0548. The minimum Gasteiger partial charge on any atom is -0.493 e. The molecule has 0 saturated heterocycles. The molecule has 9 heteroatoms. The van der Waals surface area contributed by atoms with Crippen LogP contribution in [0.5, 0.6) is 17.2 Å². The van der Waals surface area contributed by atoms with Crippen LogP contribution < -0.4 is 14.2 Å². The van der Waals surface area contributed by atoms with Crippen molar-refractivity contribution in [2.75, 3.05) is 14.2 Å². The number of allylic oxidation sites excluding steroid dienone is 1. The van der Waals surface area contributed by atoms with Crippen molar-refractivity contribution in [1.82, 2.24) is 4.98 Å². The lowest BCUT2D eigenvalue weighted by Gasteiger charge is -2.14. The Hall–Kier alpha value is -3.15. The second-order valence-electron chi connectivity index (χ2n) is 5.85. The van der Waals surface area contributed by atoms with Gasteiger partial charge < -0.3 is 14.2 Å². The number of alkyl halides is 2. The van der Waals surface area contributed by atoms with E-state index in [-0.39, 0.29) is 17.2 Å². The van der Waals surface area contributed by atoms with Crippen LogP contribution in [-0.2, 0) is 0 Å². The Morgan fingerprint density at radius 1 is 1.17 bits per heavy atom.